The minimum absolute atomic E-state index is 0.284. The van der Waals surface area contributed by atoms with Crippen LogP contribution in [0.1, 0.15) is 56.1 Å². The largest absolute Gasteiger partial charge is 0.480 e. The third-order valence-corrected chi connectivity index (χ3v) is 5.24. The maximum atomic E-state index is 11.3. The quantitative estimate of drug-likeness (QED) is 0.614. The van der Waals surface area contributed by atoms with Gasteiger partial charge in [0, 0.05) is 19.3 Å². The highest BCUT2D eigenvalue weighted by Crippen LogP contribution is 2.23. The molecule has 1 atom stereocenters. The monoisotopic (exact) mass is 444 g/mol. The summed E-state index contributed by atoms with van der Waals surface area (Å²) in [6, 6.07) is 19.7. The van der Waals surface area contributed by atoms with Gasteiger partial charge in [-0.25, -0.2) is 0 Å². The van der Waals surface area contributed by atoms with E-state index in [4.69, 9.17) is 10.0 Å². The van der Waals surface area contributed by atoms with Crippen molar-refractivity contribution in [3.05, 3.63) is 96.0 Å². The van der Waals surface area contributed by atoms with Gasteiger partial charge in [0.05, 0.1) is 0 Å². The van der Waals surface area contributed by atoms with E-state index in [9.17, 15) is 9.59 Å². The summed E-state index contributed by atoms with van der Waals surface area (Å²) in [5.74, 6) is 2.48. The fraction of sp³-hybridized carbons (Fsp3) is 0.286. The Balaban J connectivity index is 0.000000188. The molecule has 4 rings (SSSR count). The van der Waals surface area contributed by atoms with Crippen LogP contribution in [0.2, 0.25) is 0 Å². The van der Waals surface area contributed by atoms with Crippen LogP contribution in [0, 0.1) is 5.92 Å². The van der Waals surface area contributed by atoms with Gasteiger partial charge in [-0.3, -0.25) is 9.59 Å². The van der Waals surface area contributed by atoms with Gasteiger partial charge in [0.15, 0.2) is 5.78 Å². The van der Waals surface area contributed by atoms with Crippen LogP contribution in [0.15, 0.2) is 84.9 Å². The molecule has 0 aliphatic heterocycles. The average Bonchev–Trinajstić information content (AvgIpc) is 2.84. The minimum atomic E-state index is -1.37. The first kappa shape index (κ1) is 26.2. The highest BCUT2D eigenvalue weighted by atomic mass is 16.4. The fourth-order valence-corrected chi connectivity index (χ4v) is 3.49. The first-order valence-electron chi connectivity index (χ1n) is 11.6. The molecule has 0 bridgehead atoms. The predicted octanol–water partition coefficient (Wildman–Crippen LogP) is 5.47. The van der Waals surface area contributed by atoms with E-state index in [0.29, 0.717) is 11.7 Å². The molecule has 2 aromatic rings. The third-order valence-electron chi connectivity index (χ3n) is 5.24. The molecule has 0 aromatic heterocycles. The number of carbonyl (C=O) groups excluding carboxylic acids is 2. The molecule has 2 aliphatic carbocycles. The number of rotatable bonds is 4. The molecule has 0 heterocycles. The SMILES string of the molecule is O=C1C=CCCC1.O=C1CCC[C@H](/C=C/c2ccccc2)C1.OB(O)/C=C/c1ccccc1. The van der Waals surface area contributed by atoms with Gasteiger partial charge in [0.1, 0.15) is 5.78 Å². The van der Waals surface area contributed by atoms with E-state index in [2.05, 4.69) is 24.3 Å². The molecule has 5 heteroatoms. The van der Waals surface area contributed by atoms with Crippen molar-refractivity contribution >= 4 is 30.8 Å². The Labute approximate surface area is 197 Å². The van der Waals surface area contributed by atoms with Crippen LogP contribution in [0.5, 0.6) is 0 Å². The van der Waals surface area contributed by atoms with Crippen LogP contribution in [-0.4, -0.2) is 28.7 Å². The lowest BCUT2D eigenvalue weighted by molar-refractivity contribution is -0.121. The predicted molar refractivity (Wildman–Crippen MR) is 136 cm³/mol. The molecule has 4 nitrogen and oxygen atoms in total. The van der Waals surface area contributed by atoms with Gasteiger partial charge in [-0.05, 0) is 48.8 Å². The second kappa shape index (κ2) is 15.7. The Morgan fingerprint density at radius 3 is 1.94 bits per heavy atom. The normalized spacial score (nSPS) is 17.8. The summed E-state index contributed by atoms with van der Waals surface area (Å²) in [7, 11) is -1.37. The van der Waals surface area contributed by atoms with Gasteiger partial charge in [-0.1, -0.05) is 90.9 Å². The van der Waals surface area contributed by atoms with Crippen molar-refractivity contribution in [3.63, 3.8) is 0 Å². The summed E-state index contributed by atoms with van der Waals surface area (Å²) < 4.78 is 0. The lowest BCUT2D eigenvalue weighted by Crippen LogP contribution is -2.12. The average molecular weight is 444 g/mol. The van der Waals surface area contributed by atoms with Crippen molar-refractivity contribution in [3.8, 4) is 0 Å². The number of Topliss-reactive ketones (excluding diaryl/α,β-unsaturated/α-hetero) is 1. The zero-order valence-corrected chi connectivity index (χ0v) is 19.1. The number of allylic oxidation sites excluding steroid dienone is 3. The molecule has 0 radical (unpaired) electrons. The van der Waals surface area contributed by atoms with Gasteiger partial charge < -0.3 is 10.0 Å². The summed E-state index contributed by atoms with van der Waals surface area (Å²) in [4.78, 5) is 21.6. The van der Waals surface area contributed by atoms with Crippen molar-refractivity contribution < 1.29 is 19.6 Å². The summed E-state index contributed by atoms with van der Waals surface area (Å²) in [5, 5.41) is 17.0. The Bertz CT molecular complexity index is 917. The van der Waals surface area contributed by atoms with Crippen LogP contribution in [-0.2, 0) is 9.59 Å². The van der Waals surface area contributed by atoms with Crippen LogP contribution in [0.25, 0.3) is 12.2 Å². The van der Waals surface area contributed by atoms with Gasteiger partial charge in [0.2, 0.25) is 0 Å². The third kappa shape index (κ3) is 12.6. The summed E-state index contributed by atoms with van der Waals surface area (Å²) in [6.45, 7) is 0. The summed E-state index contributed by atoms with van der Waals surface area (Å²) in [5.41, 5.74) is 2.18. The van der Waals surface area contributed by atoms with Gasteiger partial charge in [-0.15, -0.1) is 0 Å². The van der Waals surface area contributed by atoms with E-state index in [1.165, 1.54) is 11.5 Å². The Morgan fingerprint density at radius 2 is 1.45 bits per heavy atom. The molecule has 2 N–H and O–H groups in total. The van der Waals surface area contributed by atoms with Crippen LogP contribution in [0.3, 0.4) is 0 Å². The summed E-state index contributed by atoms with van der Waals surface area (Å²) >= 11 is 0. The highest BCUT2D eigenvalue weighted by Gasteiger charge is 2.16. The van der Waals surface area contributed by atoms with Gasteiger partial charge in [-0.2, -0.15) is 0 Å². The van der Waals surface area contributed by atoms with Crippen molar-refractivity contribution in [1.82, 2.24) is 0 Å². The van der Waals surface area contributed by atoms with Crippen molar-refractivity contribution in [2.75, 3.05) is 0 Å². The number of carbonyl (C=O) groups is 2. The number of ketones is 2. The highest BCUT2D eigenvalue weighted by molar-refractivity contribution is 6.48. The zero-order chi connectivity index (χ0) is 23.7. The molecule has 0 spiro atoms. The Morgan fingerprint density at radius 1 is 0.818 bits per heavy atom. The Kier molecular flexibility index (Phi) is 12.5. The molecular weight excluding hydrogens is 411 g/mol. The maximum absolute atomic E-state index is 11.3. The standard InChI is InChI=1S/C14H16O.C8H9BO2.C6H8O/c15-14-8-4-7-13(11-14)10-9-12-5-2-1-3-6-12;10-9(11)7-6-8-4-2-1-3-5-8;7-6-4-2-1-3-5-6/h1-3,5-6,9-10,13H,4,7-8,11H2;1-7,10-11H;2,4H,1,3,5H2/b10-9+;7-6+;/t13-;;/m1../s1. The lowest BCUT2D eigenvalue weighted by Gasteiger charge is -2.16. The lowest BCUT2D eigenvalue weighted by atomic mass is 9.88. The number of hydrogen-bond donors (Lipinski definition) is 2. The smallest absolute Gasteiger partial charge is 0.424 e. The second-order valence-electron chi connectivity index (χ2n) is 8.11. The fourth-order valence-electron chi connectivity index (χ4n) is 3.49. The maximum Gasteiger partial charge on any atom is 0.480 e. The summed E-state index contributed by atoms with van der Waals surface area (Å²) in [6.07, 6.45) is 16.2. The molecule has 0 unspecified atom stereocenters. The molecular formula is C28H33BO4. The van der Waals surface area contributed by atoms with Gasteiger partial charge >= 0.3 is 7.12 Å². The van der Waals surface area contributed by atoms with Crippen LogP contribution < -0.4 is 0 Å². The zero-order valence-electron chi connectivity index (χ0n) is 19.1. The number of hydrogen-bond acceptors (Lipinski definition) is 4. The minimum Gasteiger partial charge on any atom is -0.424 e. The van der Waals surface area contributed by atoms with E-state index in [1.807, 2.05) is 54.6 Å². The van der Waals surface area contributed by atoms with Crippen molar-refractivity contribution in [2.24, 2.45) is 5.92 Å². The van der Waals surface area contributed by atoms with E-state index >= 15 is 0 Å². The molecule has 2 aromatic carbocycles. The van der Waals surface area contributed by atoms with E-state index in [0.717, 1.165) is 50.5 Å². The van der Waals surface area contributed by atoms with Crippen LogP contribution >= 0.6 is 0 Å². The van der Waals surface area contributed by atoms with Gasteiger partial charge in [0.25, 0.3) is 0 Å². The topological polar surface area (TPSA) is 74.6 Å². The van der Waals surface area contributed by atoms with Crippen molar-refractivity contribution in [1.29, 1.82) is 0 Å². The van der Waals surface area contributed by atoms with Crippen molar-refractivity contribution in [2.45, 2.75) is 44.9 Å². The molecule has 0 saturated heterocycles. The Hall–Kier alpha value is -3.02. The van der Waals surface area contributed by atoms with Crippen LogP contribution in [0.4, 0.5) is 0 Å². The molecule has 1 saturated carbocycles. The molecule has 1 fully saturated rings. The molecule has 172 valence electrons. The molecule has 33 heavy (non-hydrogen) atoms. The first-order chi connectivity index (χ1) is 16.0. The first-order valence-corrected chi connectivity index (χ1v) is 11.6. The second-order valence-corrected chi connectivity index (χ2v) is 8.11. The van der Waals surface area contributed by atoms with E-state index in [1.54, 1.807) is 12.2 Å². The number of benzene rings is 2. The van der Waals surface area contributed by atoms with E-state index < -0.39 is 7.12 Å². The molecule has 2 aliphatic rings. The van der Waals surface area contributed by atoms with E-state index in [-0.39, 0.29) is 5.78 Å². The molecule has 0 amide bonds.